The summed E-state index contributed by atoms with van der Waals surface area (Å²) in [5.41, 5.74) is 1.12. The zero-order valence-electron chi connectivity index (χ0n) is 11.1. The third kappa shape index (κ3) is 4.65. The predicted octanol–water partition coefficient (Wildman–Crippen LogP) is 2.78. The van der Waals surface area contributed by atoms with Gasteiger partial charge in [-0.25, -0.2) is 0 Å². The lowest BCUT2D eigenvalue weighted by molar-refractivity contribution is -0.137. The summed E-state index contributed by atoms with van der Waals surface area (Å²) < 4.78 is 5.20. The van der Waals surface area contributed by atoms with E-state index in [-0.39, 0.29) is 6.42 Å². The summed E-state index contributed by atoms with van der Waals surface area (Å²) in [6.45, 7) is 3.87. The first kappa shape index (κ1) is 14.4. The van der Waals surface area contributed by atoms with Crippen LogP contribution in [0.5, 0.6) is 5.75 Å². The van der Waals surface area contributed by atoms with E-state index in [0.29, 0.717) is 0 Å². The maximum atomic E-state index is 10.4. The minimum Gasteiger partial charge on any atom is -0.497 e. The first-order valence-electron chi connectivity index (χ1n) is 6.28. The van der Waals surface area contributed by atoms with Gasteiger partial charge in [-0.2, -0.15) is 0 Å². The highest BCUT2D eigenvalue weighted by atomic mass is 16.5. The summed E-state index contributed by atoms with van der Waals surface area (Å²) >= 11 is 0. The van der Waals surface area contributed by atoms with E-state index in [4.69, 9.17) is 9.84 Å². The van der Waals surface area contributed by atoms with Gasteiger partial charge in [0.1, 0.15) is 5.75 Å². The van der Waals surface area contributed by atoms with Crippen molar-refractivity contribution in [1.82, 2.24) is 0 Å². The topological polar surface area (TPSA) is 49.8 Å². The van der Waals surface area contributed by atoms with Gasteiger partial charge >= 0.3 is 5.97 Å². The highest BCUT2D eigenvalue weighted by molar-refractivity contribution is 5.66. The molecule has 0 aromatic heterocycles. The van der Waals surface area contributed by atoms with E-state index in [1.54, 1.807) is 7.11 Å². The Bertz CT molecular complexity index is 379. The Labute approximate surface area is 108 Å². The van der Waals surface area contributed by atoms with Gasteiger partial charge in [-0.05, 0) is 31.9 Å². The number of ether oxygens (including phenoxy) is 1. The molecule has 1 N–H and O–H groups in total. The van der Waals surface area contributed by atoms with E-state index in [1.807, 2.05) is 24.3 Å². The predicted molar refractivity (Wildman–Crippen MR) is 72.4 cm³/mol. The molecule has 0 amide bonds. The zero-order valence-corrected chi connectivity index (χ0v) is 11.1. The van der Waals surface area contributed by atoms with Crippen molar-refractivity contribution in [3.63, 3.8) is 0 Å². The fourth-order valence-corrected chi connectivity index (χ4v) is 1.86. The number of unbranched alkanes of at least 4 members (excludes halogenated alkanes) is 1. The highest BCUT2D eigenvalue weighted by Gasteiger charge is 2.05. The molecule has 4 nitrogen and oxygen atoms in total. The fourth-order valence-electron chi connectivity index (χ4n) is 1.86. The summed E-state index contributed by atoms with van der Waals surface area (Å²) in [5, 5.41) is 8.59. The number of benzene rings is 1. The second-order valence-electron chi connectivity index (χ2n) is 4.13. The van der Waals surface area contributed by atoms with Crippen LogP contribution in [0.2, 0.25) is 0 Å². The fraction of sp³-hybridized carbons (Fsp3) is 0.500. The van der Waals surface area contributed by atoms with Crippen LogP contribution in [0.4, 0.5) is 5.69 Å². The molecule has 0 unspecified atom stereocenters. The van der Waals surface area contributed by atoms with Crippen molar-refractivity contribution in [2.45, 2.75) is 26.2 Å². The lowest BCUT2D eigenvalue weighted by atomic mass is 10.2. The smallest absolute Gasteiger partial charge is 0.303 e. The van der Waals surface area contributed by atoms with Crippen LogP contribution in [0.3, 0.4) is 0 Å². The minimum absolute atomic E-state index is 0.246. The quantitative estimate of drug-likeness (QED) is 0.722. The Balaban J connectivity index is 2.51. The van der Waals surface area contributed by atoms with Gasteiger partial charge in [-0.15, -0.1) is 0 Å². The Morgan fingerprint density at radius 1 is 1.39 bits per heavy atom. The third-order valence-corrected chi connectivity index (χ3v) is 2.87. The monoisotopic (exact) mass is 251 g/mol. The average Bonchev–Trinajstić information content (AvgIpc) is 2.38. The Morgan fingerprint density at radius 2 is 2.17 bits per heavy atom. The Hall–Kier alpha value is -1.71. The molecule has 0 aliphatic rings. The van der Waals surface area contributed by atoms with Crippen LogP contribution in [-0.2, 0) is 4.79 Å². The van der Waals surface area contributed by atoms with Crippen molar-refractivity contribution in [3.05, 3.63) is 24.3 Å². The number of anilines is 1. The van der Waals surface area contributed by atoms with Gasteiger partial charge in [0, 0.05) is 31.3 Å². The average molecular weight is 251 g/mol. The third-order valence-electron chi connectivity index (χ3n) is 2.87. The largest absolute Gasteiger partial charge is 0.497 e. The second-order valence-corrected chi connectivity index (χ2v) is 4.13. The molecular weight excluding hydrogens is 230 g/mol. The van der Waals surface area contributed by atoms with Crippen LogP contribution in [-0.4, -0.2) is 31.3 Å². The van der Waals surface area contributed by atoms with Crippen molar-refractivity contribution in [3.8, 4) is 5.75 Å². The molecule has 1 aromatic rings. The number of aliphatic carboxylic acids is 1. The first-order chi connectivity index (χ1) is 8.67. The van der Waals surface area contributed by atoms with Gasteiger partial charge in [0.25, 0.3) is 0 Å². The summed E-state index contributed by atoms with van der Waals surface area (Å²) in [5.74, 6) is 0.121. The molecule has 4 heteroatoms. The molecule has 0 radical (unpaired) electrons. The molecule has 18 heavy (non-hydrogen) atoms. The van der Waals surface area contributed by atoms with E-state index >= 15 is 0 Å². The normalized spacial score (nSPS) is 10.1. The van der Waals surface area contributed by atoms with Crippen LogP contribution in [0, 0.1) is 0 Å². The number of nitrogens with zero attached hydrogens (tertiary/aromatic N) is 1. The molecule has 0 aliphatic heterocycles. The Kier molecular flexibility index (Phi) is 6.05. The molecule has 0 spiro atoms. The number of carboxylic acid groups (broad SMARTS) is 1. The number of hydrogen-bond acceptors (Lipinski definition) is 3. The maximum Gasteiger partial charge on any atom is 0.303 e. The summed E-state index contributed by atoms with van der Waals surface area (Å²) in [7, 11) is 1.66. The van der Waals surface area contributed by atoms with Gasteiger partial charge in [0.2, 0.25) is 0 Å². The molecule has 100 valence electrons. The standard InChI is InChI=1S/C14H21NO3/c1-3-15(10-5-4-9-14(16)17)12-7-6-8-13(11-12)18-2/h6-8,11H,3-5,9-10H2,1-2H3,(H,16,17). The molecule has 0 bridgehead atoms. The second kappa shape index (κ2) is 7.58. The molecule has 0 atom stereocenters. The number of carbonyl (C=O) groups is 1. The number of methoxy groups -OCH3 is 1. The lowest BCUT2D eigenvalue weighted by Crippen LogP contribution is -2.23. The van der Waals surface area contributed by atoms with Crippen molar-refractivity contribution in [1.29, 1.82) is 0 Å². The molecular formula is C14H21NO3. The minimum atomic E-state index is -0.723. The number of hydrogen-bond donors (Lipinski definition) is 1. The van der Waals surface area contributed by atoms with Crippen molar-refractivity contribution in [2.24, 2.45) is 0 Å². The van der Waals surface area contributed by atoms with E-state index in [1.165, 1.54) is 0 Å². The zero-order chi connectivity index (χ0) is 13.4. The number of carboxylic acids is 1. The van der Waals surface area contributed by atoms with Gasteiger partial charge < -0.3 is 14.7 Å². The van der Waals surface area contributed by atoms with Crippen LogP contribution in [0.15, 0.2) is 24.3 Å². The van der Waals surface area contributed by atoms with Crippen LogP contribution >= 0.6 is 0 Å². The van der Waals surface area contributed by atoms with Gasteiger partial charge in [-0.1, -0.05) is 6.07 Å². The van der Waals surface area contributed by atoms with Crippen LogP contribution in [0.25, 0.3) is 0 Å². The molecule has 0 fully saturated rings. The van der Waals surface area contributed by atoms with Crippen LogP contribution < -0.4 is 9.64 Å². The molecule has 0 saturated carbocycles. The molecule has 0 saturated heterocycles. The van der Waals surface area contributed by atoms with Crippen molar-refractivity contribution < 1.29 is 14.6 Å². The number of rotatable bonds is 8. The van der Waals surface area contributed by atoms with E-state index < -0.39 is 5.97 Å². The van der Waals surface area contributed by atoms with Crippen LogP contribution in [0.1, 0.15) is 26.2 Å². The van der Waals surface area contributed by atoms with Crippen molar-refractivity contribution in [2.75, 3.05) is 25.1 Å². The Morgan fingerprint density at radius 3 is 2.78 bits per heavy atom. The van der Waals surface area contributed by atoms with E-state index in [2.05, 4.69) is 11.8 Å². The summed E-state index contributed by atoms with van der Waals surface area (Å²) in [6, 6.07) is 7.93. The molecule has 0 heterocycles. The molecule has 1 rings (SSSR count). The van der Waals surface area contributed by atoms with E-state index in [9.17, 15) is 4.79 Å². The van der Waals surface area contributed by atoms with E-state index in [0.717, 1.165) is 37.4 Å². The molecule has 0 aliphatic carbocycles. The van der Waals surface area contributed by atoms with Gasteiger partial charge in [-0.3, -0.25) is 4.79 Å². The van der Waals surface area contributed by atoms with Gasteiger partial charge in [0.15, 0.2) is 0 Å². The van der Waals surface area contributed by atoms with Crippen molar-refractivity contribution >= 4 is 11.7 Å². The maximum absolute atomic E-state index is 10.4. The summed E-state index contributed by atoms with van der Waals surface area (Å²) in [6.07, 6.45) is 1.85. The summed E-state index contributed by atoms with van der Waals surface area (Å²) in [4.78, 5) is 12.7. The lowest BCUT2D eigenvalue weighted by Gasteiger charge is -2.23. The SMILES string of the molecule is CCN(CCCCC(=O)O)c1cccc(OC)c1. The molecule has 1 aromatic carbocycles. The van der Waals surface area contributed by atoms with Gasteiger partial charge in [0.05, 0.1) is 7.11 Å². The highest BCUT2D eigenvalue weighted by Crippen LogP contribution is 2.21. The first-order valence-corrected chi connectivity index (χ1v) is 6.28.